The molecule has 0 saturated carbocycles. The second-order valence-electron chi connectivity index (χ2n) is 21.7. The van der Waals surface area contributed by atoms with Crippen LogP contribution in [0.1, 0.15) is 232 Å². The van der Waals surface area contributed by atoms with Crippen LogP contribution in [-0.4, -0.2) is 70.0 Å². The minimum absolute atomic E-state index is 0.0482. The standard InChI is InChI=1S/C70H116NO8P/c1-6-8-10-12-14-16-18-20-22-24-26-27-28-29-30-31-32-33-34-35-36-37-38-39-40-41-42-43-45-47-49-51-53-55-57-59-61-63-70(73)79-68(67-78-80(74,75)77-65-64-71(3,4)5)66-76-69(72)62-60-58-56-54-52-50-48-46-44-25-23-21-19-17-15-13-11-9-7-2/h8-11,14-17,20-23,26-27,29-30,32-33,44,46,50,52,56,58,68H,6-7,12-13,18-19,24-25,28,31,34-43,45,47-49,51,53-55,57,59-67H2,1-5H3/b10-8-,11-9-,16-14-,17-15-,22-20-,23-21-,27-26-,30-29-,33-32-,46-44-,52-50-,58-56-. The monoisotopic (exact) mass is 1130 g/mol. The average Bonchev–Trinajstić information content (AvgIpc) is 3.42. The van der Waals surface area contributed by atoms with Gasteiger partial charge in [-0.15, -0.1) is 0 Å². The van der Waals surface area contributed by atoms with Crippen molar-refractivity contribution >= 4 is 19.8 Å². The molecule has 0 rings (SSSR count). The molecule has 0 bridgehead atoms. The van der Waals surface area contributed by atoms with E-state index in [1.54, 1.807) is 0 Å². The molecule has 0 heterocycles. The normalized spacial score (nSPS) is 14.2. The van der Waals surface area contributed by atoms with Crippen molar-refractivity contribution in [1.29, 1.82) is 0 Å². The summed E-state index contributed by atoms with van der Waals surface area (Å²) >= 11 is 0. The number of carbonyl (C=O) groups is 2. The Labute approximate surface area is 491 Å². The molecule has 0 spiro atoms. The molecule has 0 N–H and O–H groups in total. The molecule has 0 aliphatic heterocycles. The van der Waals surface area contributed by atoms with Gasteiger partial charge in [0.05, 0.1) is 27.7 Å². The maximum Gasteiger partial charge on any atom is 0.306 e. The van der Waals surface area contributed by atoms with Gasteiger partial charge in [-0.1, -0.05) is 262 Å². The minimum Gasteiger partial charge on any atom is -0.756 e. The van der Waals surface area contributed by atoms with E-state index in [0.717, 1.165) is 96.3 Å². The molecule has 2 unspecified atom stereocenters. The van der Waals surface area contributed by atoms with E-state index < -0.39 is 32.5 Å². The van der Waals surface area contributed by atoms with Crippen molar-refractivity contribution in [1.82, 2.24) is 0 Å². The SMILES string of the molecule is CC/C=C\C/C=C\C/C=C\C/C=C\C/C=C\C/C=C\CCCCCCCCCCCCCCCCCCCCC(=O)OC(COC(=O)CC/C=C\C/C=C\C/C=C\C/C=C\C/C=C\C/C=C\CC)COP(=O)([O-])OCC[N+](C)(C)C. The highest BCUT2D eigenvalue weighted by Crippen LogP contribution is 2.38. The van der Waals surface area contributed by atoms with E-state index in [2.05, 4.69) is 148 Å². The Hall–Kier alpha value is -4.11. The molecule has 2 atom stereocenters. The van der Waals surface area contributed by atoms with Crippen molar-refractivity contribution in [2.24, 2.45) is 0 Å². The lowest BCUT2D eigenvalue weighted by Gasteiger charge is -2.28. The third kappa shape index (κ3) is 63.1. The molecule has 0 aromatic carbocycles. The molecule has 454 valence electrons. The molecule has 0 amide bonds. The van der Waals surface area contributed by atoms with Crippen LogP contribution in [0.5, 0.6) is 0 Å². The topological polar surface area (TPSA) is 111 Å². The van der Waals surface area contributed by atoms with Gasteiger partial charge in [0, 0.05) is 12.8 Å². The lowest BCUT2D eigenvalue weighted by atomic mass is 10.0. The zero-order valence-corrected chi connectivity index (χ0v) is 52.4. The summed E-state index contributed by atoms with van der Waals surface area (Å²) in [6.45, 7) is 3.92. The third-order valence-electron chi connectivity index (χ3n) is 12.9. The Bertz CT molecular complexity index is 1860. The van der Waals surface area contributed by atoms with Crippen molar-refractivity contribution in [3.8, 4) is 0 Å². The number of likely N-dealkylation sites (N-methyl/N-ethyl adjacent to an activating group) is 1. The van der Waals surface area contributed by atoms with Gasteiger partial charge in [0.2, 0.25) is 0 Å². The average molecular weight is 1130 g/mol. The molecular weight excluding hydrogens is 1010 g/mol. The lowest BCUT2D eigenvalue weighted by Crippen LogP contribution is -2.37. The van der Waals surface area contributed by atoms with E-state index in [4.69, 9.17) is 18.5 Å². The first-order valence-corrected chi connectivity index (χ1v) is 33.0. The van der Waals surface area contributed by atoms with Crippen molar-refractivity contribution in [2.45, 2.75) is 238 Å². The number of ether oxygens (including phenoxy) is 2. The molecule has 9 nitrogen and oxygen atoms in total. The van der Waals surface area contributed by atoms with Gasteiger partial charge in [0.25, 0.3) is 7.82 Å². The lowest BCUT2D eigenvalue weighted by molar-refractivity contribution is -0.870. The van der Waals surface area contributed by atoms with Crippen LogP contribution >= 0.6 is 7.82 Å². The number of unbranched alkanes of at least 4 members (excludes halogenated alkanes) is 18. The van der Waals surface area contributed by atoms with E-state index in [-0.39, 0.29) is 26.1 Å². The molecular formula is C70H116NO8P. The smallest absolute Gasteiger partial charge is 0.306 e. The molecule has 0 aromatic heterocycles. The summed E-state index contributed by atoms with van der Waals surface area (Å²) in [5.41, 5.74) is 0. The summed E-state index contributed by atoms with van der Waals surface area (Å²) in [6.07, 6.45) is 87.9. The minimum atomic E-state index is -4.66. The molecule has 0 aromatic rings. The number of hydrogen-bond donors (Lipinski definition) is 0. The first-order chi connectivity index (χ1) is 39.0. The van der Waals surface area contributed by atoms with Crippen LogP contribution in [0.4, 0.5) is 0 Å². The maximum absolute atomic E-state index is 12.8. The Morgan fingerprint density at radius 2 is 0.700 bits per heavy atom. The zero-order chi connectivity index (χ0) is 58.4. The number of phosphoric ester groups is 1. The predicted octanol–water partition coefficient (Wildman–Crippen LogP) is 19.6. The molecule has 0 aliphatic rings. The van der Waals surface area contributed by atoms with Crippen molar-refractivity contribution in [3.05, 3.63) is 146 Å². The van der Waals surface area contributed by atoms with Crippen LogP contribution in [-0.2, 0) is 32.7 Å². The third-order valence-corrected chi connectivity index (χ3v) is 13.8. The summed E-state index contributed by atoms with van der Waals surface area (Å²) < 4.78 is 34.1. The van der Waals surface area contributed by atoms with Crippen LogP contribution in [0.15, 0.2) is 146 Å². The molecule has 80 heavy (non-hydrogen) atoms. The maximum atomic E-state index is 12.8. The van der Waals surface area contributed by atoms with Crippen LogP contribution in [0.2, 0.25) is 0 Å². The van der Waals surface area contributed by atoms with Crippen molar-refractivity contribution in [2.75, 3.05) is 47.5 Å². The number of esters is 2. The van der Waals surface area contributed by atoms with E-state index in [0.29, 0.717) is 23.9 Å². The summed E-state index contributed by atoms with van der Waals surface area (Å²) in [4.78, 5) is 37.9. The Morgan fingerprint density at radius 3 is 1.05 bits per heavy atom. The fourth-order valence-electron chi connectivity index (χ4n) is 8.10. The highest BCUT2D eigenvalue weighted by molar-refractivity contribution is 7.45. The number of nitrogens with zero attached hydrogens (tertiary/aromatic N) is 1. The molecule has 0 aliphatic carbocycles. The fourth-order valence-corrected chi connectivity index (χ4v) is 8.83. The number of carbonyl (C=O) groups excluding carboxylic acids is 2. The van der Waals surface area contributed by atoms with Crippen molar-refractivity contribution in [3.63, 3.8) is 0 Å². The first kappa shape index (κ1) is 75.9. The van der Waals surface area contributed by atoms with Crippen LogP contribution < -0.4 is 4.89 Å². The number of phosphoric acid groups is 1. The molecule has 0 fully saturated rings. The molecule has 0 saturated heterocycles. The Balaban J connectivity index is 4.11. The summed E-state index contributed by atoms with van der Waals surface area (Å²) in [6, 6.07) is 0. The van der Waals surface area contributed by atoms with Crippen molar-refractivity contribution < 1.29 is 42.1 Å². The quantitative estimate of drug-likeness (QED) is 0.0195. The molecule has 0 radical (unpaired) electrons. The number of quaternary nitrogens is 1. The van der Waals surface area contributed by atoms with Gasteiger partial charge in [0.15, 0.2) is 6.10 Å². The Kier molecular flexibility index (Phi) is 56.5. The second-order valence-corrected chi connectivity index (χ2v) is 23.1. The van der Waals surface area contributed by atoms with Gasteiger partial charge < -0.3 is 27.9 Å². The predicted molar refractivity (Wildman–Crippen MR) is 341 cm³/mol. The summed E-state index contributed by atoms with van der Waals surface area (Å²) in [7, 11) is 1.11. The first-order valence-electron chi connectivity index (χ1n) is 31.5. The van der Waals surface area contributed by atoms with Crippen LogP contribution in [0.25, 0.3) is 0 Å². The van der Waals surface area contributed by atoms with Gasteiger partial charge in [-0.25, -0.2) is 0 Å². The van der Waals surface area contributed by atoms with Crippen LogP contribution in [0.3, 0.4) is 0 Å². The van der Waals surface area contributed by atoms with E-state index in [9.17, 15) is 19.0 Å². The second kappa shape index (κ2) is 59.5. The highest BCUT2D eigenvalue weighted by Gasteiger charge is 2.21. The van der Waals surface area contributed by atoms with E-state index in [1.165, 1.54) is 96.3 Å². The van der Waals surface area contributed by atoms with Gasteiger partial charge >= 0.3 is 11.9 Å². The number of hydrogen-bond acceptors (Lipinski definition) is 8. The van der Waals surface area contributed by atoms with E-state index in [1.807, 2.05) is 33.3 Å². The zero-order valence-electron chi connectivity index (χ0n) is 51.5. The number of rotatable bonds is 56. The Morgan fingerprint density at radius 1 is 0.388 bits per heavy atom. The summed E-state index contributed by atoms with van der Waals surface area (Å²) in [5, 5.41) is 0. The van der Waals surface area contributed by atoms with Gasteiger partial charge in [-0.05, 0) is 103 Å². The van der Waals surface area contributed by atoms with Gasteiger partial charge in [-0.2, -0.15) is 0 Å². The van der Waals surface area contributed by atoms with Gasteiger partial charge in [-0.3, -0.25) is 14.2 Å². The van der Waals surface area contributed by atoms with Gasteiger partial charge in [0.1, 0.15) is 19.8 Å². The van der Waals surface area contributed by atoms with Crippen LogP contribution in [0, 0.1) is 0 Å². The highest BCUT2D eigenvalue weighted by atomic mass is 31.2. The number of allylic oxidation sites excluding steroid dienone is 24. The largest absolute Gasteiger partial charge is 0.756 e. The fraction of sp³-hybridized carbons (Fsp3) is 0.629. The summed E-state index contributed by atoms with van der Waals surface area (Å²) in [5.74, 6) is -0.936. The molecule has 10 heteroatoms. The van der Waals surface area contributed by atoms with E-state index >= 15 is 0 Å².